The van der Waals surface area contributed by atoms with Crippen LogP contribution in [-0.2, 0) is 9.15 Å². The predicted octanol–water partition coefficient (Wildman–Crippen LogP) is -0.912. The Labute approximate surface area is 73.5 Å². The normalized spacial score (nSPS) is 8.00. The van der Waals surface area contributed by atoms with Crippen molar-refractivity contribution in [3.8, 4) is 0 Å². The molecule has 0 aliphatic carbocycles. The van der Waals surface area contributed by atoms with E-state index in [4.69, 9.17) is 23.5 Å². The first kappa shape index (κ1) is 16.1. The molecule has 0 fully saturated rings. The van der Waals surface area contributed by atoms with Crippen LogP contribution < -0.4 is 0 Å². The van der Waals surface area contributed by atoms with E-state index in [1.54, 1.807) is 0 Å². The van der Waals surface area contributed by atoms with E-state index in [1.807, 2.05) is 0 Å². The standard InChI is InChI=1S/Na.H2O3S2.H2O2.H/c;1-5(2,3)4;1-2;/h;(H2,1,2,3,4);1-2H;. The van der Waals surface area contributed by atoms with Gasteiger partial charge < -0.3 is 0 Å². The minimum atomic E-state index is -3.97. The molecular formula is H5NaO5S2. The maximum absolute atomic E-state index is 9.05. The molecule has 0 rings (SSSR count). The van der Waals surface area contributed by atoms with Gasteiger partial charge in [-0.1, -0.05) is 0 Å². The molecule has 0 saturated heterocycles. The van der Waals surface area contributed by atoms with E-state index in [1.165, 1.54) is 0 Å². The molecule has 0 spiro atoms. The van der Waals surface area contributed by atoms with Crippen LogP contribution in [0.2, 0.25) is 0 Å². The van der Waals surface area contributed by atoms with Crippen LogP contribution in [0.25, 0.3) is 0 Å². The summed E-state index contributed by atoms with van der Waals surface area (Å²) in [6, 6.07) is 0. The van der Waals surface area contributed by atoms with Gasteiger partial charge in [0.05, 0.1) is 0 Å². The molecule has 0 aromatic rings. The summed E-state index contributed by atoms with van der Waals surface area (Å²) in [5.74, 6) is 0. The number of hydrogen-bond acceptors (Lipinski definition) is 4. The molecule has 0 unspecified atom stereocenters. The quantitative estimate of drug-likeness (QED) is 0.0947. The number of rotatable bonds is 0. The molecule has 0 aliphatic heterocycles. The zero-order chi connectivity index (χ0) is 6.50. The number of hydrogen-bond donors (Lipinski definition) is 4. The molecular weight excluding hydrogens is 167 g/mol. The predicted molar refractivity (Wildman–Crippen MR) is 32.9 cm³/mol. The molecule has 0 saturated carbocycles. The van der Waals surface area contributed by atoms with Crippen molar-refractivity contribution in [1.29, 1.82) is 0 Å². The average molecular weight is 172 g/mol. The van der Waals surface area contributed by atoms with Crippen molar-refractivity contribution in [3.05, 3.63) is 0 Å². The Balaban J connectivity index is -0.0000000750. The van der Waals surface area contributed by atoms with E-state index in [0.717, 1.165) is 0 Å². The van der Waals surface area contributed by atoms with Crippen molar-refractivity contribution in [2.45, 2.75) is 0 Å². The molecule has 8 heavy (non-hydrogen) atoms. The van der Waals surface area contributed by atoms with Gasteiger partial charge >= 0.3 is 38.7 Å². The van der Waals surface area contributed by atoms with Crippen molar-refractivity contribution in [2.24, 2.45) is 0 Å². The third-order valence-electron chi connectivity index (χ3n) is 0. The summed E-state index contributed by atoms with van der Waals surface area (Å²) < 4.78 is 25.5. The second-order valence-corrected chi connectivity index (χ2v) is 2.73. The molecule has 0 radical (unpaired) electrons. The third kappa shape index (κ3) is 197. The van der Waals surface area contributed by atoms with E-state index >= 15 is 0 Å². The summed E-state index contributed by atoms with van der Waals surface area (Å²) in [7, 11) is -3.97. The van der Waals surface area contributed by atoms with Crippen LogP contribution in [0.5, 0.6) is 0 Å². The summed E-state index contributed by atoms with van der Waals surface area (Å²) >= 11 is 2.65. The Morgan fingerprint density at radius 3 is 1.25 bits per heavy atom. The monoisotopic (exact) mass is 172 g/mol. The fourth-order valence-electron chi connectivity index (χ4n) is 0. The maximum atomic E-state index is 9.05. The van der Waals surface area contributed by atoms with Crippen molar-refractivity contribution < 1.29 is 23.5 Å². The number of thiol groups is 1. The van der Waals surface area contributed by atoms with E-state index < -0.39 is 9.15 Å². The van der Waals surface area contributed by atoms with E-state index in [0.29, 0.717) is 0 Å². The Hall–Kier alpha value is 1.18. The van der Waals surface area contributed by atoms with Gasteiger partial charge in [-0.15, -0.1) is 0 Å². The molecule has 5 nitrogen and oxygen atoms in total. The van der Waals surface area contributed by atoms with Crippen LogP contribution in [0, 0.1) is 0 Å². The molecule has 0 aliphatic rings. The van der Waals surface area contributed by atoms with Gasteiger partial charge in [0.25, 0.3) is 0 Å². The molecule has 0 bridgehead atoms. The van der Waals surface area contributed by atoms with Gasteiger partial charge in [0.1, 0.15) is 0 Å². The van der Waals surface area contributed by atoms with Crippen molar-refractivity contribution in [3.63, 3.8) is 0 Å². The van der Waals surface area contributed by atoms with Gasteiger partial charge in [-0.2, -0.15) is 8.42 Å². The summed E-state index contributed by atoms with van der Waals surface area (Å²) in [5.41, 5.74) is 0. The van der Waals surface area contributed by atoms with Gasteiger partial charge in [0, 0.05) is 0 Å². The van der Waals surface area contributed by atoms with Crippen LogP contribution in [0.4, 0.5) is 0 Å². The SMILES string of the molecule is O=S(=O)(O)S.OO.[NaH]. The van der Waals surface area contributed by atoms with Gasteiger partial charge in [-0.05, 0) is 11.7 Å². The van der Waals surface area contributed by atoms with Crippen molar-refractivity contribution in [2.75, 3.05) is 0 Å². The molecule has 0 amide bonds. The Morgan fingerprint density at radius 1 is 1.25 bits per heavy atom. The first-order chi connectivity index (χ1) is 3.00. The summed E-state index contributed by atoms with van der Waals surface area (Å²) in [5, 5.41) is 12.0. The average Bonchev–Trinajstić information content (AvgIpc) is 1.36. The summed E-state index contributed by atoms with van der Waals surface area (Å²) in [6.45, 7) is 0. The van der Waals surface area contributed by atoms with Gasteiger partial charge in [-0.25, -0.2) is 0 Å². The van der Waals surface area contributed by atoms with E-state index in [2.05, 4.69) is 11.7 Å². The molecule has 0 aromatic carbocycles. The molecule has 0 aromatic heterocycles. The van der Waals surface area contributed by atoms with E-state index in [-0.39, 0.29) is 29.6 Å². The molecule has 0 atom stereocenters. The summed E-state index contributed by atoms with van der Waals surface area (Å²) in [6.07, 6.45) is 0. The second kappa shape index (κ2) is 8.18. The van der Waals surface area contributed by atoms with E-state index in [9.17, 15) is 0 Å². The minimum absolute atomic E-state index is 0. The third-order valence-corrected chi connectivity index (χ3v) is 0. The Bertz CT molecular complexity index is 93.6. The van der Waals surface area contributed by atoms with Gasteiger partial charge in [-0.3, -0.25) is 15.1 Å². The first-order valence-electron chi connectivity index (χ1n) is 0.898. The second-order valence-electron chi connectivity index (χ2n) is 0.448. The topological polar surface area (TPSA) is 94.8 Å². The van der Waals surface area contributed by atoms with Gasteiger partial charge in [0.15, 0.2) is 0 Å². The fourth-order valence-corrected chi connectivity index (χ4v) is 0. The molecule has 0 heterocycles. The van der Waals surface area contributed by atoms with Crippen LogP contribution >= 0.6 is 11.7 Å². The summed E-state index contributed by atoms with van der Waals surface area (Å²) in [4.78, 5) is 0. The fraction of sp³-hybridized carbons (Fsp3) is 0. The molecule has 48 valence electrons. The molecule has 8 heteroatoms. The van der Waals surface area contributed by atoms with Crippen molar-refractivity contribution >= 4 is 50.4 Å². The molecule has 3 N–H and O–H groups in total. The Morgan fingerprint density at radius 2 is 1.25 bits per heavy atom. The zero-order valence-electron chi connectivity index (χ0n) is 3.01. The Kier molecular flexibility index (Phi) is 16.4. The van der Waals surface area contributed by atoms with Gasteiger partial charge in [0.2, 0.25) is 0 Å². The van der Waals surface area contributed by atoms with Crippen LogP contribution in [-0.4, -0.2) is 53.0 Å². The van der Waals surface area contributed by atoms with Crippen LogP contribution in [0.1, 0.15) is 0 Å². The zero-order valence-corrected chi connectivity index (χ0v) is 4.72. The first-order valence-corrected chi connectivity index (χ1v) is 3.39. The van der Waals surface area contributed by atoms with Crippen molar-refractivity contribution in [1.82, 2.24) is 0 Å². The van der Waals surface area contributed by atoms with Crippen LogP contribution in [0.3, 0.4) is 0 Å². The van der Waals surface area contributed by atoms with Crippen LogP contribution in [0.15, 0.2) is 0 Å².